The molecule has 0 aliphatic carbocycles. The zero-order valence-corrected chi connectivity index (χ0v) is 15.8. The van der Waals surface area contributed by atoms with E-state index in [0.717, 1.165) is 5.38 Å². The number of thiophene rings is 1. The van der Waals surface area contributed by atoms with Crippen molar-refractivity contribution < 1.29 is 31.1 Å². The van der Waals surface area contributed by atoms with Gasteiger partial charge in [0, 0.05) is 21.9 Å². The van der Waals surface area contributed by atoms with Crippen LogP contribution in [0.25, 0.3) is 10.9 Å². The van der Waals surface area contributed by atoms with E-state index in [-0.39, 0.29) is 5.69 Å². The molecule has 0 spiro atoms. The number of hydrogen-bond acceptors (Lipinski definition) is 5. The first-order chi connectivity index (χ1) is 13.0. The van der Waals surface area contributed by atoms with Gasteiger partial charge in [-0.1, -0.05) is 18.2 Å². The standard InChI is InChI=1S/C16H8F6N2OS3/c17-15(18,19)27-10-7-26-14(28-16(20,21)22)11(10)13(25)24-9-5-1-3-8-4-2-6-23-12(8)9/h1-7H,(H,24,25). The number of nitrogens with one attached hydrogen (secondary N) is 1. The number of nitrogens with zero attached hydrogens (tertiary/aromatic N) is 1. The van der Waals surface area contributed by atoms with Crippen molar-refractivity contribution in [2.45, 2.75) is 20.1 Å². The highest BCUT2D eigenvalue weighted by molar-refractivity contribution is 8.02. The largest absolute Gasteiger partial charge is 0.447 e. The molecule has 148 valence electrons. The fourth-order valence-corrected chi connectivity index (χ4v) is 5.10. The summed E-state index contributed by atoms with van der Waals surface area (Å²) >= 11 is -0.820. The number of hydrogen-bond donors (Lipinski definition) is 1. The number of carbonyl (C=O) groups is 1. The van der Waals surface area contributed by atoms with Crippen molar-refractivity contribution in [1.29, 1.82) is 0 Å². The Morgan fingerprint density at radius 2 is 1.68 bits per heavy atom. The maximum atomic E-state index is 12.8. The summed E-state index contributed by atoms with van der Waals surface area (Å²) in [5, 5.41) is 3.93. The molecule has 0 unspecified atom stereocenters. The first kappa shape index (κ1) is 20.8. The normalized spacial score (nSPS) is 12.4. The van der Waals surface area contributed by atoms with Crippen molar-refractivity contribution >= 4 is 57.4 Å². The number of alkyl halides is 6. The summed E-state index contributed by atoms with van der Waals surface area (Å²) in [5.74, 6) is -1.07. The molecule has 3 rings (SSSR count). The Morgan fingerprint density at radius 1 is 1.00 bits per heavy atom. The lowest BCUT2D eigenvalue weighted by atomic mass is 10.2. The van der Waals surface area contributed by atoms with Crippen molar-refractivity contribution in [3.8, 4) is 0 Å². The second-order valence-electron chi connectivity index (χ2n) is 5.19. The van der Waals surface area contributed by atoms with Crippen molar-refractivity contribution in [3.05, 3.63) is 47.5 Å². The van der Waals surface area contributed by atoms with Gasteiger partial charge in [-0.3, -0.25) is 9.78 Å². The Kier molecular flexibility index (Phi) is 5.82. The fraction of sp³-hybridized carbons (Fsp3) is 0.125. The van der Waals surface area contributed by atoms with Gasteiger partial charge in [-0.2, -0.15) is 26.3 Å². The smallest absolute Gasteiger partial charge is 0.320 e. The Hall–Kier alpha value is -1.92. The van der Waals surface area contributed by atoms with Gasteiger partial charge in [0.05, 0.1) is 21.0 Å². The number of para-hydroxylation sites is 1. The number of aromatic nitrogens is 1. The summed E-state index contributed by atoms with van der Waals surface area (Å²) in [4.78, 5) is 16.1. The van der Waals surface area contributed by atoms with E-state index in [9.17, 15) is 31.1 Å². The van der Waals surface area contributed by atoms with Crippen molar-refractivity contribution in [3.63, 3.8) is 0 Å². The predicted octanol–water partition coefficient (Wildman–Crippen LogP) is 6.77. The van der Waals surface area contributed by atoms with Crippen LogP contribution in [0.3, 0.4) is 0 Å². The zero-order valence-electron chi connectivity index (χ0n) is 13.4. The third kappa shape index (κ3) is 5.11. The lowest BCUT2D eigenvalue weighted by Gasteiger charge is -2.12. The number of pyridine rings is 1. The molecule has 28 heavy (non-hydrogen) atoms. The van der Waals surface area contributed by atoms with Crippen molar-refractivity contribution in [2.24, 2.45) is 0 Å². The maximum absolute atomic E-state index is 12.8. The van der Waals surface area contributed by atoms with Crippen LogP contribution < -0.4 is 5.32 Å². The maximum Gasteiger partial charge on any atom is 0.447 e. The first-order valence-electron chi connectivity index (χ1n) is 7.31. The summed E-state index contributed by atoms with van der Waals surface area (Å²) in [6, 6.07) is 8.12. The van der Waals surface area contributed by atoms with E-state index < -0.39 is 55.1 Å². The zero-order chi connectivity index (χ0) is 20.5. The molecule has 0 aliphatic heterocycles. The number of carbonyl (C=O) groups excluding carboxylic acids is 1. The molecule has 1 aromatic carbocycles. The summed E-state index contributed by atoms with van der Waals surface area (Å²) in [6.45, 7) is 0. The van der Waals surface area contributed by atoms with Gasteiger partial charge in [0.1, 0.15) is 0 Å². The van der Waals surface area contributed by atoms with Crippen LogP contribution in [-0.2, 0) is 0 Å². The molecule has 0 saturated heterocycles. The summed E-state index contributed by atoms with van der Waals surface area (Å²) in [6.07, 6.45) is 1.46. The number of amides is 1. The average molecular weight is 454 g/mol. The summed E-state index contributed by atoms with van der Waals surface area (Å²) in [5.41, 5.74) is -9.62. The van der Waals surface area contributed by atoms with Crippen molar-refractivity contribution in [2.75, 3.05) is 5.32 Å². The lowest BCUT2D eigenvalue weighted by Crippen LogP contribution is -2.15. The summed E-state index contributed by atoms with van der Waals surface area (Å²) in [7, 11) is 0. The predicted molar refractivity (Wildman–Crippen MR) is 97.8 cm³/mol. The van der Waals surface area contributed by atoms with E-state index >= 15 is 0 Å². The first-order valence-corrected chi connectivity index (χ1v) is 9.83. The average Bonchev–Trinajstić information content (AvgIpc) is 2.93. The van der Waals surface area contributed by atoms with Crippen LogP contribution in [0.4, 0.5) is 32.0 Å². The van der Waals surface area contributed by atoms with E-state index in [1.165, 1.54) is 12.3 Å². The number of halogens is 6. The van der Waals surface area contributed by atoms with Gasteiger partial charge in [0.25, 0.3) is 5.91 Å². The number of thioether (sulfide) groups is 2. The quantitative estimate of drug-likeness (QED) is 0.349. The third-order valence-corrected chi connectivity index (χ3v) is 6.12. The van der Waals surface area contributed by atoms with E-state index in [1.54, 1.807) is 24.3 Å². The van der Waals surface area contributed by atoms with Crippen LogP contribution in [0.15, 0.2) is 51.0 Å². The molecule has 2 heterocycles. The molecule has 1 amide bonds. The van der Waals surface area contributed by atoms with Gasteiger partial charge >= 0.3 is 11.0 Å². The Morgan fingerprint density at radius 3 is 2.36 bits per heavy atom. The number of benzene rings is 1. The molecular formula is C16H8F6N2OS3. The Labute approximate surface area is 166 Å². The highest BCUT2D eigenvalue weighted by atomic mass is 32.2. The molecule has 1 N–H and O–H groups in total. The minimum atomic E-state index is -4.75. The Bertz CT molecular complexity index is 977. The van der Waals surface area contributed by atoms with Gasteiger partial charge < -0.3 is 5.32 Å². The molecule has 0 saturated carbocycles. The molecular weight excluding hydrogens is 446 g/mol. The van der Waals surface area contributed by atoms with E-state index in [2.05, 4.69) is 10.3 Å². The monoisotopic (exact) mass is 454 g/mol. The highest BCUT2D eigenvalue weighted by Gasteiger charge is 2.37. The lowest BCUT2D eigenvalue weighted by molar-refractivity contribution is -0.0334. The van der Waals surface area contributed by atoms with Crippen LogP contribution in [0.1, 0.15) is 10.4 Å². The molecule has 2 aromatic heterocycles. The molecule has 3 aromatic rings. The fourth-order valence-electron chi connectivity index (χ4n) is 2.30. The molecule has 0 fully saturated rings. The van der Waals surface area contributed by atoms with Crippen LogP contribution in [0.2, 0.25) is 0 Å². The SMILES string of the molecule is O=C(Nc1cccc2cccnc12)c1c(SC(F)(F)F)csc1SC(F)(F)F. The van der Waals surface area contributed by atoms with Gasteiger partial charge in [0.15, 0.2) is 0 Å². The second-order valence-corrected chi connectivity index (χ2v) is 8.51. The molecule has 12 heteroatoms. The van der Waals surface area contributed by atoms with Crippen LogP contribution in [0.5, 0.6) is 0 Å². The van der Waals surface area contributed by atoms with E-state index in [4.69, 9.17) is 0 Å². The van der Waals surface area contributed by atoms with Gasteiger partial charge in [-0.05, 0) is 35.7 Å². The Balaban J connectivity index is 2.00. The molecule has 3 nitrogen and oxygen atoms in total. The van der Waals surface area contributed by atoms with Gasteiger partial charge in [-0.15, -0.1) is 11.3 Å². The van der Waals surface area contributed by atoms with Gasteiger partial charge in [-0.25, -0.2) is 0 Å². The second kappa shape index (κ2) is 7.84. The van der Waals surface area contributed by atoms with Crippen LogP contribution in [-0.4, -0.2) is 21.9 Å². The minimum absolute atomic E-state index is 0.181. The minimum Gasteiger partial charge on any atom is -0.320 e. The molecule has 0 radical (unpaired) electrons. The molecule has 0 aliphatic rings. The third-order valence-electron chi connectivity index (χ3n) is 3.27. The van der Waals surface area contributed by atoms with Gasteiger partial charge in [0.2, 0.25) is 0 Å². The topological polar surface area (TPSA) is 42.0 Å². The van der Waals surface area contributed by atoms with E-state index in [1.807, 2.05) is 0 Å². The molecule has 0 atom stereocenters. The number of rotatable bonds is 4. The molecule has 0 bridgehead atoms. The van der Waals surface area contributed by atoms with Crippen molar-refractivity contribution in [1.82, 2.24) is 4.98 Å². The number of fused-ring (bicyclic) bond motifs is 1. The highest BCUT2D eigenvalue weighted by Crippen LogP contribution is 2.48. The van der Waals surface area contributed by atoms with Crippen LogP contribution in [0, 0.1) is 0 Å². The number of anilines is 1. The van der Waals surface area contributed by atoms with Crippen LogP contribution >= 0.6 is 34.9 Å². The van der Waals surface area contributed by atoms with E-state index in [0.29, 0.717) is 22.2 Å². The summed E-state index contributed by atoms with van der Waals surface area (Å²) < 4.78 is 76.0.